The van der Waals surface area contributed by atoms with Crippen molar-refractivity contribution >= 4 is 5.71 Å². The molecule has 0 unspecified atom stereocenters. The van der Waals surface area contributed by atoms with Gasteiger partial charge < -0.3 is 14.4 Å². The lowest BCUT2D eigenvalue weighted by Gasteiger charge is -2.50. The zero-order valence-electron chi connectivity index (χ0n) is 15.9. The first-order valence-electron chi connectivity index (χ1n) is 9.67. The van der Waals surface area contributed by atoms with Crippen molar-refractivity contribution in [1.29, 1.82) is 0 Å². The molecule has 0 bridgehead atoms. The molecule has 0 saturated carbocycles. The second-order valence-corrected chi connectivity index (χ2v) is 7.70. The van der Waals surface area contributed by atoms with Crippen LogP contribution in [0.15, 0.2) is 53.6 Å². The first kappa shape index (κ1) is 16.6. The minimum Gasteiger partial charge on any atom is -0.496 e. The Bertz CT molecular complexity index is 887. The summed E-state index contributed by atoms with van der Waals surface area (Å²) in [5, 5.41) is 7.37. The Morgan fingerprint density at radius 2 is 1.81 bits per heavy atom. The van der Waals surface area contributed by atoms with E-state index in [4.69, 9.17) is 14.6 Å². The van der Waals surface area contributed by atoms with Crippen LogP contribution in [0.3, 0.4) is 0 Å². The number of para-hydroxylation sites is 2. The number of nitrogens with zero attached hydrogens (tertiary/aromatic N) is 3. The molecule has 2 aromatic carbocycles. The molecule has 0 amide bonds. The van der Waals surface area contributed by atoms with E-state index in [1.807, 2.05) is 18.2 Å². The van der Waals surface area contributed by atoms with Gasteiger partial charge in [0.1, 0.15) is 11.5 Å². The first-order chi connectivity index (χ1) is 13.2. The molecule has 0 aromatic heterocycles. The van der Waals surface area contributed by atoms with Gasteiger partial charge in [-0.25, -0.2) is 5.01 Å². The van der Waals surface area contributed by atoms with E-state index in [0.29, 0.717) is 0 Å². The van der Waals surface area contributed by atoms with E-state index >= 15 is 0 Å². The Labute approximate surface area is 160 Å². The number of fused-ring (bicyclic) bond motifs is 4. The minimum atomic E-state index is -0.352. The second kappa shape index (κ2) is 6.27. The molecule has 3 aliphatic heterocycles. The number of benzene rings is 2. The lowest BCUT2D eigenvalue weighted by molar-refractivity contribution is -0.147. The summed E-state index contributed by atoms with van der Waals surface area (Å²) in [6, 6.07) is 16.8. The van der Waals surface area contributed by atoms with Crippen LogP contribution in [-0.2, 0) is 0 Å². The molecule has 5 rings (SSSR count). The van der Waals surface area contributed by atoms with Gasteiger partial charge >= 0.3 is 0 Å². The van der Waals surface area contributed by atoms with E-state index < -0.39 is 0 Å². The predicted molar refractivity (Wildman–Crippen MR) is 105 cm³/mol. The Kier molecular flexibility index (Phi) is 3.86. The maximum absolute atomic E-state index is 6.62. The minimum absolute atomic E-state index is 0.221. The van der Waals surface area contributed by atoms with Crippen molar-refractivity contribution in [1.82, 2.24) is 9.91 Å². The van der Waals surface area contributed by atoms with E-state index in [-0.39, 0.29) is 11.8 Å². The van der Waals surface area contributed by atoms with Crippen LogP contribution in [0.1, 0.15) is 36.4 Å². The largest absolute Gasteiger partial charge is 0.496 e. The Balaban J connectivity index is 1.59. The number of piperidine rings is 1. The lowest BCUT2D eigenvalue weighted by atomic mass is 9.91. The molecule has 27 heavy (non-hydrogen) atoms. The molecule has 5 heteroatoms. The summed E-state index contributed by atoms with van der Waals surface area (Å²) in [6.07, 6.45) is 2.78. The summed E-state index contributed by atoms with van der Waals surface area (Å²) in [5.41, 5.74) is 3.04. The number of likely N-dealkylation sites (tertiary alicyclic amines) is 1. The molecule has 1 saturated heterocycles. The molecular formula is C22H25N3O2. The first-order valence-corrected chi connectivity index (χ1v) is 9.67. The van der Waals surface area contributed by atoms with Crippen molar-refractivity contribution in [2.75, 3.05) is 27.2 Å². The second-order valence-electron chi connectivity index (χ2n) is 7.70. The van der Waals surface area contributed by atoms with Crippen molar-refractivity contribution in [2.24, 2.45) is 5.10 Å². The van der Waals surface area contributed by atoms with Crippen LogP contribution in [0.4, 0.5) is 0 Å². The summed E-state index contributed by atoms with van der Waals surface area (Å²) in [6.45, 7) is 2.04. The van der Waals surface area contributed by atoms with Gasteiger partial charge in [0.15, 0.2) is 0 Å². The summed E-state index contributed by atoms with van der Waals surface area (Å²) in [4.78, 5) is 2.37. The quantitative estimate of drug-likeness (QED) is 0.816. The molecule has 0 radical (unpaired) electrons. The van der Waals surface area contributed by atoms with Gasteiger partial charge in [0, 0.05) is 43.5 Å². The van der Waals surface area contributed by atoms with E-state index in [2.05, 4.69) is 47.3 Å². The van der Waals surface area contributed by atoms with Crippen molar-refractivity contribution in [3.63, 3.8) is 0 Å². The summed E-state index contributed by atoms with van der Waals surface area (Å²) >= 11 is 0. The SMILES string of the molecule is COc1ccccc1C1=NN2[C@@H](C1)c1ccccc1OC21CCN(C)CC1. The monoisotopic (exact) mass is 363 g/mol. The molecule has 1 spiro atoms. The van der Waals surface area contributed by atoms with Gasteiger partial charge in [-0.15, -0.1) is 0 Å². The fourth-order valence-electron chi connectivity index (χ4n) is 4.57. The topological polar surface area (TPSA) is 37.3 Å². The fourth-order valence-corrected chi connectivity index (χ4v) is 4.57. The van der Waals surface area contributed by atoms with Crippen LogP contribution in [0.25, 0.3) is 0 Å². The zero-order chi connectivity index (χ0) is 18.4. The smallest absolute Gasteiger partial charge is 0.200 e. The number of methoxy groups -OCH3 is 1. The Hall–Kier alpha value is -2.53. The Morgan fingerprint density at radius 1 is 1.07 bits per heavy atom. The molecule has 0 N–H and O–H groups in total. The number of hydrazone groups is 1. The van der Waals surface area contributed by atoms with Gasteiger partial charge in [0.2, 0.25) is 5.72 Å². The maximum Gasteiger partial charge on any atom is 0.200 e. The van der Waals surface area contributed by atoms with E-state index in [1.165, 1.54) is 5.56 Å². The highest BCUT2D eigenvalue weighted by atomic mass is 16.5. The van der Waals surface area contributed by atoms with Gasteiger partial charge in [-0.3, -0.25) is 0 Å². The van der Waals surface area contributed by atoms with Crippen molar-refractivity contribution in [3.8, 4) is 11.5 Å². The summed E-state index contributed by atoms with van der Waals surface area (Å²) in [7, 11) is 3.90. The number of ether oxygens (including phenoxy) is 2. The zero-order valence-corrected chi connectivity index (χ0v) is 15.9. The van der Waals surface area contributed by atoms with Crippen LogP contribution in [0, 0.1) is 0 Å². The third-order valence-corrected chi connectivity index (χ3v) is 6.09. The van der Waals surface area contributed by atoms with Crippen LogP contribution in [0.2, 0.25) is 0 Å². The Morgan fingerprint density at radius 3 is 2.63 bits per heavy atom. The van der Waals surface area contributed by atoms with Gasteiger partial charge in [-0.1, -0.05) is 30.3 Å². The van der Waals surface area contributed by atoms with E-state index in [1.54, 1.807) is 7.11 Å². The van der Waals surface area contributed by atoms with E-state index in [9.17, 15) is 0 Å². The predicted octanol–water partition coefficient (Wildman–Crippen LogP) is 3.66. The van der Waals surface area contributed by atoms with Crippen LogP contribution < -0.4 is 9.47 Å². The molecule has 2 aromatic rings. The van der Waals surface area contributed by atoms with Gasteiger partial charge in [-0.2, -0.15) is 5.10 Å². The van der Waals surface area contributed by atoms with E-state index in [0.717, 1.165) is 55.1 Å². The van der Waals surface area contributed by atoms with Gasteiger partial charge in [-0.05, 0) is 25.2 Å². The molecule has 140 valence electrons. The maximum atomic E-state index is 6.62. The molecule has 3 aliphatic rings. The number of hydrogen-bond donors (Lipinski definition) is 0. The lowest BCUT2D eigenvalue weighted by Crippen LogP contribution is -2.58. The van der Waals surface area contributed by atoms with Crippen molar-refractivity contribution in [3.05, 3.63) is 59.7 Å². The average molecular weight is 363 g/mol. The molecular weight excluding hydrogens is 338 g/mol. The molecule has 1 fully saturated rings. The summed E-state index contributed by atoms with van der Waals surface area (Å²) in [5.74, 6) is 1.89. The van der Waals surface area contributed by atoms with Gasteiger partial charge in [0.25, 0.3) is 0 Å². The molecule has 0 aliphatic carbocycles. The van der Waals surface area contributed by atoms with Crippen molar-refractivity contribution in [2.45, 2.75) is 31.0 Å². The van der Waals surface area contributed by atoms with Crippen LogP contribution in [-0.4, -0.2) is 48.6 Å². The number of rotatable bonds is 2. The van der Waals surface area contributed by atoms with Crippen LogP contribution >= 0.6 is 0 Å². The standard InChI is InChI=1S/C22H25N3O2/c1-24-13-11-22(12-14-24)25-19(17-8-4-6-10-21(17)27-22)15-18(23-25)16-7-3-5-9-20(16)26-2/h3-10,19H,11-15H2,1-2H3/t19-/m0/s1. The van der Waals surface area contributed by atoms with Crippen molar-refractivity contribution < 1.29 is 9.47 Å². The molecule has 5 nitrogen and oxygen atoms in total. The summed E-state index contributed by atoms with van der Waals surface area (Å²) < 4.78 is 12.2. The van der Waals surface area contributed by atoms with Gasteiger partial charge in [0.05, 0.1) is 18.9 Å². The third kappa shape index (κ3) is 2.60. The highest BCUT2D eigenvalue weighted by Gasteiger charge is 2.51. The number of hydrogen-bond acceptors (Lipinski definition) is 5. The fraction of sp³-hybridized carbons (Fsp3) is 0.409. The molecule has 3 heterocycles. The highest BCUT2D eigenvalue weighted by molar-refractivity contribution is 6.04. The highest BCUT2D eigenvalue weighted by Crippen LogP contribution is 2.50. The third-order valence-electron chi connectivity index (χ3n) is 6.09. The molecule has 1 atom stereocenters. The average Bonchev–Trinajstić information content (AvgIpc) is 3.17. The normalized spacial score (nSPS) is 23.4. The van der Waals surface area contributed by atoms with Crippen LogP contribution in [0.5, 0.6) is 11.5 Å².